The predicted octanol–water partition coefficient (Wildman–Crippen LogP) is 1.24. The van der Waals surface area contributed by atoms with E-state index in [4.69, 9.17) is 0 Å². The van der Waals surface area contributed by atoms with E-state index in [9.17, 15) is 4.79 Å². The number of aryl methyl sites for hydroxylation is 1. The zero-order chi connectivity index (χ0) is 17.5. The maximum atomic E-state index is 12.3. The first-order valence-corrected chi connectivity index (χ1v) is 8.86. The number of likely N-dealkylation sites (N-methyl/N-ethyl adjacent to an activating group) is 1. The van der Waals surface area contributed by atoms with Gasteiger partial charge in [0.15, 0.2) is 0 Å². The summed E-state index contributed by atoms with van der Waals surface area (Å²) in [4.78, 5) is 25.3. The van der Waals surface area contributed by atoms with E-state index in [2.05, 4.69) is 32.1 Å². The minimum absolute atomic E-state index is 0.0274. The molecule has 1 N–H and O–H groups in total. The van der Waals surface area contributed by atoms with Crippen LogP contribution in [-0.4, -0.2) is 65.1 Å². The van der Waals surface area contributed by atoms with Gasteiger partial charge in [-0.3, -0.25) is 4.79 Å². The lowest BCUT2D eigenvalue weighted by Gasteiger charge is -2.33. The summed E-state index contributed by atoms with van der Waals surface area (Å²) in [6, 6.07) is 3.67. The number of hydrogen-bond acceptors (Lipinski definition) is 5. The molecule has 1 aliphatic rings. The van der Waals surface area contributed by atoms with E-state index >= 15 is 0 Å². The van der Waals surface area contributed by atoms with Gasteiger partial charge in [-0.25, -0.2) is 9.97 Å². The summed E-state index contributed by atoms with van der Waals surface area (Å²) in [5.74, 6) is 0.862. The Morgan fingerprint density at radius 2 is 2.04 bits per heavy atom. The predicted molar refractivity (Wildman–Crippen MR) is 97.7 cm³/mol. The van der Waals surface area contributed by atoms with E-state index in [-0.39, 0.29) is 5.91 Å². The number of piperazine rings is 1. The molecular formula is C18H26N6O. The number of hydrogen-bond donors (Lipinski definition) is 1. The fourth-order valence-electron chi connectivity index (χ4n) is 2.91. The van der Waals surface area contributed by atoms with Gasteiger partial charge in [0.2, 0.25) is 0 Å². The van der Waals surface area contributed by atoms with Crippen LogP contribution in [0.5, 0.6) is 0 Å². The molecule has 0 spiro atoms. The highest BCUT2D eigenvalue weighted by Gasteiger charge is 2.16. The molecule has 0 bridgehead atoms. The molecule has 3 heterocycles. The Labute approximate surface area is 148 Å². The molecule has 3 rings (SSSR count). The first kappa shape index (κ1) is 17.4. The highest BCUT2D eigenvalue weighted by atomic mass is 16.1. The van der Waals surface area contributed by atoms with Crippen molar-refractivity contribution in [3.05, 3.63) is 42.6 Å². The van der Waals surface area contributed by atoms with Crippen molar-refractivity contribution in [2.24, 2.45) is 0 Å². The normalized spacial score (nSPS) is 15.3. The van der Waals surface area contributed by atoms with Gasteiger partial charge in [-0.2, -0.15) is 0 Å². The topological polar surface area (TPSA) is 66.3 Å². The van der Waals surface area contributed by atoms with Crippen LogP contribution in [0.25, 0.3) is 0 Å². The molecule has 1 aliphatic heterocycles. The number of carbonyl (C=O) groups is 1. The van der Waals surface area contributed by atoms with Gasteiger partial charge in [0, 0.05) is 63.4 Å². The van der Waals surface area contributed by atoms with E-state index in [1.54, 1.807) is 18.5 Å². The molecular weight excluding hydrogens is 316 g/mol. The Bertz CT molecular complexity index is 664. The average Bonchev–Trinajstić information content (AvgIpc) is 3.15. The number of anilines is 1. The Kier molecular flexibility index (Phi) is 6.00. The molecule has 134 valence electrons. The quantitative estimate of drug-likeness (QED) is 0.767. The Hall–Kier alpha value is -2.41. The lowest BCUT2D eigenvalue weighted by molar-refractivity contribution is 0.0952. The molecule has 0 aliphatic carbocycles. The summed E-state index contributed by atoms with van der Waals surface area (Å²) in [6.07, 6.45) is 9.23. The van der Waals surface area contributed by atoms with Crippen LogP contribution in [-0.2, 0) is 6.54 Å². The molecule has 7 heteroatoms. The van der Waals surface area contributed by atoms with Crippen LogP contribution < -0.4 is 10.2 Å². The molecule has 1 saturated heterocycles. The van der Waals surface area contributed by atoms with Crippen LogP contribution in [0, 0.1) is 0 Å². The van der Waals surface area contributed by atoms with Crippen LogP contribution in [0.1, 0.15) is 23.2 Å². The number of pyridine rings is 1. The van der Waals surface area contributed by atoms with Crippen molar-refractivity contribution in [3.8, 4) is 0 Å². The molecule has 7 nitrogen and oxygen atoms in total. The van der Waals surface area contributed by atoms with Crippen LogP contribution >= 0.6 is 0 Å². The van der Waals surface area contributed by atoms with Gasteiger partial charge < -0.3 is 19.7 Å². The highest BCUT2D eigenvalue weighted by Crippen LogP contribution is 2.14. The minimum atomic E-state index is -0.0274. The number of amides is 1. The summed E-state index contributed by atoms with van der Waals surface area (Å²) >= 11 is 0. The number of aromatic nitrogens is 3. The zero-order valence-corrected chi connectivity index (χ0v) is 14.8. The Balaban J connectivity index is 1.44. The van der Waals surface area contributed by atoms with Crippen LogP contribution in [0.2, 0.25) is 0 Å². The van der Waals surface area contributed by atoms with Crippen LogP contribution in [0.15, 0.2) is 37.1 Å². The Morgan fingerprint density at radius 3 is 2.80 bits per heavy atom. The molecule has 0 atom stereocenters. The first-order chi connectivity index (χ1) is 12.2. The SMILES string of the molecule is CN1CCN(c2cc(C(=O)NCCCCn3ccnc3)ccn2)CC1. The van der Waals surface area contributed by atoms with E-state index in [1.165, 1.54) is 0 Å². The fraction of sp³-hybridized carbons (Fsp3) is 0.500. The Morgan fingerprint density at radius 1 is 1.20 bits per heavy atom. The van der Waals surface area contributed by atoms with Crippen molar-refractivity contribution in [2.75, 3.05) is 44.7 Å². The van der Waals surface area contributed by atoms with Gasteiger partial charge in [-0.15, -0.1) is 0 Å². The minimum Gasteiger partial charge on any atom is -0.354 e. The number of nitrogens with one attached hydrogen (secondary N) is 1. The summed E-state index contributed by atoms with van der Waals surface area (Å²) in [6.45, 7) is 5.55. The molecule has 0 aromatic carbocycles. The van der Waals surface area contributed by atoms with Gasteiger partial charge in [-0.1, -0.05) is 0 Å². The van der Waals surface area contributed by atoms with Crippen molar-refractivity contribution in [1.29, 1.82) is 0 Å². The summed E-state index contributed by atoms with van der Waals surface area (Å²) in [5.41, 5.74) is 0.679. The van der Waals surface area contributed by atoms with Crippen molar-refractivity contribution in [3.63, 3.8) is 0 Å². The lowest BCUT2D eigenvalue weighted by atomic mass is 10.2. The van der Waals surface area contributed by atoms with Crippen LogP contribution in [0.3, 0.4) is 0 Å². The molecule has 2 aromatic heterocycles. The molecule has 25 heavy (non-hydrogen) atoms. The van der Waals surface area contributed by atoms with Gasteiger partial charge in [0.1, 0.15) is 5.82 Å². The van der Waals surface area contributed by atoms with Crippen molar-refractivity contribution in [2.45, 2.75) is 19.4 Å². The standard InChI is InChI=1S/C18H26N6O/c1-22-10-12-24(13-11-22)17-14-16(4-6-20-17)18(25)21-5-2-3-8-23-9-7-19-15-23/h4,6-7,9,14-15H,2-3,5,8,10-13H2,1H3,(H,21,25). The van der Waals surface area contributed by atoms with Crippen molar-refractivity contribution in [1.82, 2.24) is 24.8 Å². The maximum Gasteiger partial charge on any atom is 0.251 e. The highest BCUT2D eigenvalue weighted by molar-refractivity contribution is 5.94. The van der Waals surface area contributed by atoms with E-state index in [1.807, 2.05) is 23.2 Å². The second-order valence-corrected chi connectivity index (χ2v) is 6.46. The van der Waals surface area contributed by atoms with E-state index in [0.717, 1.165) is 51.4 Å². The van der Waals surface area contributed by atoms with Crippen molar-refractivity contribution < 1.29 is 4.79 Å². The number of nitrogens with zero attached hydrogens (tertiary/aromatic N) is 5. The van der Waals surface area contributed by atoms with Gasteiger partial charge in [-0.05, 0) is 32.0 Å². The van der Waals surface area contributed by atoms with E-state index in [0.29, 0.717) is 12.1 Å². The fourth-order valence-corrected chi connectivity index (χ4v) is 2.91. The third-order valence-electron chi connectivity index (χ3n) is 4.52. The first-order valence-electron chi connectivity index (χ1n) is 8.86. The molecule has 1 amide bonds. The van der Waals surface area contributed by atoms with Gasteiger partial charge in [0.05, 0.1) is 6.33 Å². The lowest BCUT2D eigenvalue weighted by Crippen LogP contribution is -2.44. The molecule has 0 unspecified atom stereocenters. The van der Waals surface area contributed by atoms with Crippen LogP contribution in [0.4, 0.5) is 5.82 Å². The van der Waals surface area contributed by atoms with Crippen molar-refractivity contribution >= 4 is 11.7 Å². The number of imidazole rings is 1. The molecule has 0 radical (unpaired) electrons. The summed E-state index contributed by atoms with van der Waals surface area (Å²) < 4.78 is 2.05. The third-order valence-corrected chi connectivity index (χ3v) is 4.52. The largest absolute Gasteiger partial charge is 0.354 e. The number of rotatable bonds is 7. The number of unbranched alkanes of at least 4 members (excludes halogenated alkanes) is 1. The second-order valence-electron chi connectivity index (χ2n) is 6.46. The number of carbonyl (C=O) groups excluding carboxylic acids is 1. The average molecular weight is 342 g/mol. The van der Waals surface area contributed by atoms with E-state index < -0.39 is 0 Å². The molecule has 0 saturated carbocycles. The smallest absolute Gasteiger partial charge is 0.251 e. The molecule has 1 fully saturated rings. The van der Waals surface area contributed by atoms with Gasteiger partial charge >= 0.3 is 0 Å². The monoisotopic (exact) mass is 342 g/mol. The second kappa shape index (κ2) is 8.62. The van der Waals surface area contributed by atoms with Gasteiger partial charge in [0.25, 0.3) is 5.91 Å². The third kappa shape index (κ3) is 5.03. The summed E-state index contributed by atoms with van der Waals surface area (Å²) in [5, 5.41) is 3.00. The zero-order valence-electron chi connectivity index (χ0n) is 14.8. The maximum absolute atomic E-state index is 12.3. The molecule has 2 aromatic rings. The summed E-state index contributed by atoms with van der Waals surface area (Å²) in [7, 11) is 2.13.